The number of aliphatic carboxylic acids is 1. The predicted octanol–water partition coefficient (Wildman–Crippen LogP) is 5.27. The third kappa shape index (κ3) is 5.75. The molecule has 1 atom stereocenters. The standard InChI is InChI=1S/C25H28N2O5/c1-4-21(27-31-5-2)20(25(28)29)15-19-13-9-10-14-23(19)30-16-22-17(3)32-24(26-22)18-11-7-6-8-12-18/h6-14,20H,4-5,15-16H2,1-3H3,(H,28,29)/b27-21+. The summed E-state index contributed by atoms with van der Waals surface area (Å²) in [6, 6.07) is 17.1. The molecule has 3 rings (SSSR count). The molecule has 1 unspecified atom stereocenters. The molecule has 1 aromatic heterocycles. The number of hydrogen-bond acceptors (Lipinski definition) is 6. The average molecular weight is 437 g/mol. The lowest BCUT2D eigenvalue weighted by molar-refractivity contribution is -0.139. The lowest BCUT2D eigenvalue weighted by atomic mass is 9.93. The summed E-state index contributed by atoms with van der Waals surface area (Å²) < 4.78 is 11.8. The number of ether oxygens (including phenoxy) is 1. The van der Waals surface area contributed by atoms with Gasteiger partial charge < -0.3 is 19.1 Å². The average Bonchev–Trinajstić information content (AvgIpc) is 3.19. The molecule has 7 heteroatoms. The van der Waals surface area contributed by atoms with Crippen molar-refractivity contribution in [3.8, 4) is 17.2 Å². The Morgan fingerprint density at radius 1 is 1.12 bits per heavy atom. The van der Waals surface area contributed by atoms with Gasteiger partial charge in [-0.05, 0) is 50.5 Å². The molecule has 0 bridgehead atoms. The number of para-hydroxylation sites is 1. The van der Waals surface area contributed by atoms with Gasteiger partial charge in [-0.25, -0.2) is 4.98 Å². The molecule has 0 fully saturated rings. The van der Waals surface area contributed by atoms with E-state index in [9.17, 15) is 9.90 Å². The smallest absolute Gasteiger partial charge is 0.312 e. The van der Waals surface area contributed by atoms with Crippen LogP contribution in [-0.2, 0) is 22.7 Å². The minimum absolute atomic E-state index is 0.213. The highest BCUT2D eigenvalue weighted by Gasteiger charge is 2.25. The van der Waals surface area contributed by atoms with Gasteiger partial charge in [0.15, 0.2) is 0 Å². The van der Waals surface area contributed by atoms with Crippen molar-refractivity contribution in [3.05, 3.63) is 71.6 Å². The number of oxazole rings is 1. The van der Waals surface area contributed by atoms with Crippen molar-refractivity contribution >= 4 is 11.7 Å². The van der Waals surface area contributed by atoms with Crippen molar-refractivity contribution in [2.24, 2.45) is 11.1 Å². The molecule has 0 aliphatic rings. The number of rotatable bonds is 11. The Hall–Kier alpha value is -3.61. The van der Waals surface area contributed by atoms with Crippen LogP contribution >= 0.6 is 0 Å². The molecule has 0 saturated heterocycles. The lowest BCUT2D eigenvalue weighted by Crippen LogP contribution is -2.26. The van der Waals surface area contributed by atoms with Gasteiger partial charge >= 0.3 is 5.97 Å². The first-order valence-corrected chi connectivity index (χ1v) is 10.7. The van der Waals surface area contributed by atoms with Gasteiger partial charge in [-0.3, -0.25) is 4.79 Å². The zero-order chi connectivity index (χ0) is 22.9. The minimum atomic E-state index is -0.944. The second kappa shape index (κ2) is 11.1. The van der Waals surface area contributed by atoms with Crippen LogP contribution in [0.25, 0.3) is 11.5 Å². The number of aryl methyl sites for hydroxylation is 1. The fraction of sp³-hybridized carbons (Fsp3) is 0.320. The summed E-state index contributed by atoms with van der Waals surface area (Å²) in [5.41, 5.74) is 2.86. The van der Waals surface area contributed by atoms with Crippen molar-refractivity contribution in [3.63, 3.8) is 0 Å². The Bertz CT molecular complexity index is 1060. The number of carbonyl (C=O) groups is 1. The maximum absolute atomic E-state index is 11.9. The van der Waals surface area contributed by atoms with Crippen LogP contribution < -0.4 is 4.74 Å². The monoisotopic (exact) mass is 436 g/mol. The molecule has 32 heavy (non-hydrogen) atoms. The summed E-state index contributed by atoms with van der Waals surface area (Å²) in [5, 5.41) is 13.8. The fourth-order valence-corrected chi connectivity index (χ4v) is 3.32. The first-order valence-electron chi connectivity index (χ1n) is 10.7. The van der Waals surface area contributed by atoms with Gasteiger partial charge in [0.25, 0.3) is 0 Å². The van der Waals surface area contributed by atoms with Crippen molar-refractivity contribution in [1.82, 2.24) is 4.98 Å². The van der Waals surface area contributed by atoms with E-state index < -0.39 is 11.9 Å². The number of nitrogens with zero attached hydrogens (tertiary/aromatic N) is 2. The second-order valence-corrected chi connectivity index (χ2v) is 7.23. The number of benzene rings is 2. The van der Waals surface area contributed by atoms with Crippen LogP contribution in [0, 0.1) is 12.8 Å². The van der Waals surface area contributed by atoms with E-state index in [1.807, 2.05) is 75.4 Å². The summed E-state index contributed by atoms with van der Waals surface area (Å²) in [4.78, 5) is 21.6. The number of oxime groups is 1. The minimum Gasteiger partial charge on any atom is -0.487 e. The van der Waals surface area contributed by atoms with E-state index in [0.717, 1.165) is 11.1 Å². The number of carboxylic acid groups (broad SMARTS) is 1. The van der Waals surface area contributed by atoms with E-state index in [-0.39, 0.29) is 13.0 Å². The Kier molecular flexibility index (Phi) is 8.02. The molecule has 0 saturated carbocycles. The Morgan fingerprint density at radius 3 is 2.53 bits per heavy atom. The molecule has 2 aromatic carbocycles. The van der Waals surface area contributed by atoms with E-state index in [4.69, 9.17) is 14.0 Å². The highest BCUT2D eigenvalue weighted by molar-refractivity contribution is 6.01. The van der Waals surface area contributed by atoms with Crippen LogP contribution in [0.15, 0.2) is 64.2 Å². The third-order valence-corrected chi connectivity index (χ3v) is 5.05. The van der Waals surface area contributed by atoms with Crippen LogP contribution in [0.4, 0.5) is 0 Å². The van der Waals surface area contributed by atoms with E-state index in [1.54, 1.807) is 0 Å². The molecule has 0 aliphatic heterocycles. The van der Waals surface area contributed by atoms with Crippen molar-refractivity contribution in [2.45, 2.75) is 40.2 Å². The maximum Gasteiger partial charge on any atom is 0.312 e. The van der Waals surface area contributed by atoms with Crippen molar-refractivity contribution < 1.29 is 23.9 Å². The summed E-state index contributed by atoms with van der Waals surface area (Å²) in [5.74, 6) is 0.0894. The first kappa shape index (κ1) is 23.1. The molecule has 168 valence electrons. The quantitative estimate of drug-likeness (QED) is 0.325. The van der Waals surface area contributed by atoms with Crippen molar-refractivity contribution in [1.29, 1.82) is 0 Å². The molecule has 1 N–H and O–H groups in total. The van der Waals surface area contributed by atoms with Crippen LogP contribution in [-0.4, -0.2) is 28.4 Å². The molecular formula is C25H28N2O5. The molecule has 0 spiro atoms. The summed E-state index contributed by atoms with van der Waals surface area (Å²) in [6.45, 7) is 6.13. The van der Waals surface area contributed by atoms with Crippen LogP contribution in [0.5, 0.6) is 5.75 Å². The fourth-order valence-electron chi connectivity index (χ4n) is 3.32. The van der Waals surface area contributed by atoms with Gasteiger partial charge in [0, 0.05) is 5.56 Å². The molecule has 0 radical (unpaired) electrons. The van der Waals surface area contributed by atoms with Crippen molar-refractivity contribution in [2.75, 3.05) is 6.61 Å². The first-order chi connectivity index (χ1) is 15.5. The van der Waals surface area contributed by atoms with Gasteiger partial charge in [-0.1, -0.05) is 48.5 Å². The van der Waals surface area contributed by atoms with Crippen LogP contribution in [0.1, 0.15) is 37.3 Å². The molecule has 0 amide bonds. The molecule has 3 aromatic rings. The predicted molar refractivity (Wildman–Crippen MR) is 122 cm³/mol. The largest absolute Gasteiger partial charge is 0.487 e. The molecule has 7 nitrogen and oxygen atoms in total. The summed E-state index contributed by atoms with van der Waals surface area (Å²) in [7, 11) is 0. The Labute approximate surface area is 187 Å². The summed E-state index contributed by atoms with van der Waals surface area (Å²) >= 11 is 0. The summed E-state index contributed by atoms with van der Waals surface area (Å²) in [6.07, 6.45) is 0.735. The van der Waals surface area contributed by atoms with Crippen LogP contribution in [0.3, 0.4) is 0 Å². The highest BCUT2D eigenvalue weighted by Crippen LogP contribution is 2.26. The molecule has 0 aliphatic carbocycles. The van der Waals surface area contributed by atoms with E-state index in [2.05, 4.69) is 10.1 Å². The van der Waals surface area contributed by atoms with Gasteiger partial charge in [0.1, 0.15) is 36.3 Å². The van der Waals surface area contributed by atoms with Gasteiger partial charge in [0.2, 0.25) is 5.89 Å². The van der Waals surface area contributed by atoms with E-state index in [1.165, 1.54) is 0 Å². The highest BCUT2D eigenvalue weighted by atomic mass is 16.6. The molecule has 1 heterocycles. The van der Waals surface area contributed by atoms with E-state index >= 15 is 0 Å². The number of aromatic nitrogens is 1. The lowest BCUT2D eigenvalue weighted by Gasteiger charge is -2.16. The third-order valence-electron chi connectivity index (χ3n) is 5.05. The van der Waals surface area contributed by atoms with Crippen LogP contribution in [0.2, 0.25) is 0 Å². The number of carboxylic acids is 1. The normalized spacial score (nSPS) is 12.4. The van der Waals surface area contributed by atoms with Gasteiger partial charge in [-0.2, -0.15) is 0 Å². The number of hydrogen-bond donors (Lipinski definition) is 1. The molecular weight excluding hydrogens is 408 g/mol. The van der Waals surface area contributed by atoms with Gasteiger partial charge in [0.05, 0.1) is 5.71 Å². The zero-order valence-corrected chi connectivity index (χ0v) is 18.6. The maximum atomic E-state index is 11.9. The van der Waals surface area contributed by atoms with Gasteiger partial charge in [-0.15, -0.1) is 0 Å². The zero-order valence-electron chi connectivity index (χ0n) is 18.6. The van der Waals surface area contributed by atoms with E-state index in [0.29, 0.717) is 41.8 Å². The topological polar surface area (TPSA) is 94.2 Å². The Balaban J connectivity index is 1.77. The SMILES string of the molecule is CCO/N=C(\CC)C(Cc1ccccc1OCc1nc(-c2ccccc2)oc1C)C(=O)O. The Morgan fingerprint density at radius 2 is 1.84 bits per heavy atom. The second-order valence-electron chi connectivity index (χ2n) is 7.23.